The molecule has 0 saturated carbocycles. The Morgan fingerprint density at radius 1 is 0.941 bits per heavy atom. The third kappa shape index (κ3) is 4.18. The average molecular weight is 469 g/mol. The van der Waals surface area contributed by atoms with Crippen molar-refractivity contribution in [2.75, 3.05) is 11.5 Å². The molecule has 0 spiro atoms. The van der Waals surface area contributed by atoms with E-state index in [1.54, 1.807) is 12.1 Å². The minimum atomic E-state index is -0.395. The number of fused-ring (bicyclic) bond motifs is 1. The molecule has 34 heavy (non-hydrogen) atoms. The number of thiazole rings is 1. The van der Waals surface area contributed by atoms with Crippen LogP contribution in [0.4, 0.5) is 10.8 Å². The Bertz CT molecular complexity index is 1480. The van der Waals surface area contributed by atoms with E-state index in [2.05, 4.69) is 10.1 Å². The molecular weight excluding hydrogens is 448 g/mol. The highest BCUT2D eigenvalue weighted by molar-refractivity contribution is 7.22. The number of ether oxygens (including phenoxy) is 1. The van der Waals surface area contributed by atoms with Crippen molar-refractivity contribution in [1.29, 1.82) is 0 Å². The van der Waals surface area contributed by atoms with Gasteiger partial charge in [0, 0.05) is 6.07 Å². The second-order valence-corrected chi connectivity index (χ2v) is 8.34. The second-order valence-electron chi connectivity index (χ2n) is 7.34. The van der Waals surface area contributed by atoms with Crippen LogP contribution < -0.4 is 15.2 Å². The van der Waals surface area contributed by atoms with Gasteiger partial charge in [0.25, 0.3) is 11.5 Å². The van der Waals surface area contributed by atoms with E-state index in [4.69, 9.17) is 4.74 Å². The lowest BCUT2D eigenvalue weighted by atomic mass is 10.2. The molecule has 2 aromatic heterocycles. The molecule has 0 aliphatic heterocycles. The van der Waals surface area contributed by atoms with Crippen molar-refractivity contribution in [3.05, 3.63) is 107 Å². The van der Waals surface area contributed by atoms with Crippen LogP contribution in [0.25, 0.3) is 15.9 Å². The summed E-state index contributed by atoms with van der Waals surface area (Å²) < 4.78 is 7.74. The third-order valence-corrected chi connectivity index (χ3v) is 6.12. The standard InChI is InChI=1S/C26H20N4O3S/c1-2-33-20-14-12-18(13-15-20)29(26-27-21-10-6-7-11-23(21)34-26)25(32)22-16-17-24(31)30(28-22)19-8-4-3-5-9-19/h3-17H,2H2,1H3. The Kier molecular flexibility index (Phi) is 5.88. The average Bonchev–Trinajstić information content (AvgIpc) is 3.30. The lowest BCUT2D eigenvalue weighted by molar-refractivity contribution is 0.0993. The van der Waals surface area contributed by atoms with Crippen LogP contribution in [0.1, 0.15) is 17.4 Å². The molecule has 0 aliphatic carbocycles. The number of hydrogen-bond donors (Lipinski definition) is 0. The Morgan fingerprint density at radius 3 is 2.41 bits per heavy atom. The smallest absolute Gasteiger partial charge is 0.285 e. The summed E-state index contributed by atoms with van der Waals surface area (Å²) in [6, 6.07) is 26.7. The molecule has 0 bridgehead atoms. The lowest BCUT2D eigenvalue weighted by Crippen LogP contribution is -2.30. The van der Waals surface area contributed by atoms with E-state index in [0.717, 1.165) is 10.2 Å². The molecule has 1 amide bonds. The SMILES string of the molecule is CCOc1ccc(N(C(=O)c2ccc(=O)n(-c3ccccc3)n2)c2nc3ccccc3s2)cc1. The van der Waals surface area contributed by atoms with Crippen LogP contribution in [0.3, 0.4) is 0 Å². The van der Waals surface area contributed by atoms with Crippen LogP contribution in [0.5, 0.6) is 5.75 Å². The van der Waals surface area contributed by atoms with Crippen molar-refractivity contribution in [2.45, 2.75) is 6.92 Å². The first kappa shape index (κ1) is 21.5. The van der Waals surface area contributed by atoms with Crippen LogP contribution in [0.15, 0.2) is 95.8 Å². The molecule has 2 heterocycles. The lowest BCUT2D eigenvalue weighted by Gasteiger charge is -2.20. The number of para-hydroxylation sites is 2. The highest BCUT2D eigenvalue weighted by atomic mass is 32.1. The van der Waals surface area contributed by atoms with Crippen LogP contribution in [0.2, 0.25) is 0 Å². The molecule has 5 rings (SSSR count). The fourth-order valence-electron chi connectivity index (χ4n) is 3.52. The maximum atomic E-state index is 13.8. The Labute approximate surface area is 199 Å². The van der Waals surface area contributed by atoms with Gasteiger partial charge in [0.05, 0.1) is 28.2 Å². The van der Waals surface area contributed by atoms with Crippen LogP contribution in [0, 0.1) is 0 Å². The van der Waals surface area contributed by atoms with Gasteiger partial charge in [-0.25, -0.2) is 4.98 Å². The molecule has 0 saturated heterocycles. The molecule has 0 unspecified atom stereocenters. The highest BCUT2D eigenvalue weighted by Crippen LogP contribution is 2.35. The Balaban J connectivity index is 1.61. The molecule has 3 aromatic carbocycles. The minimum Gasteiger partial charge on any atom is -0.494 e. The number of aromatic nitrogens is 3. The predicted molar refractivity (Wildman–Crippen MR) is 134 cm³/mol. The molecule has 168 valence electrons. The number of benzene rings is 3. The molecule has 0 fully saturated rings. The summed E-state index contributed by atoms with van der Waals surface area (Å²) in [5.41, 5.74) is 1.79. The summed E-state index contributed by atoms with van der Waals surface area (Å²) in [4.78, 5) is 32.5. The van der Waals surface area contributed by atoms with Gasteiger partial charge in [0.1, 0.15) is 11.4 Å². The minimum absolute atomic E-state index is 0.122. The first-order chi connectivity index (χ1) is 16.6. The molecule has 8 heteroatoms. The number of carbonyl (C=O) groups excluding carboxylic acids is 1. The maximum absolute atomic E-state index is 13.8. The molecule has 0 radical (unpaired) electrons. The van der Waals surface area contributed by atoms with Gasteiger partial charge in [0.2, 0.25) is 0 Å². The highest BCUT2D eigenvalue weighted by Gasteiger charge is 2.25. The fraction of sp³-hybridized carbons (Fsp3) is 0.0769. The fourth-order valence-corrected chi connectivity index (χ4v) is 4.51. The van der Waals surface area contributed by atoms with Gasteiger partial charge in [0.15, 0.2) is 5.13 Å². The van der Waals surface area contributed by atoms with Crippen molar-refractivity contribution in [3.8, 4) is 11.4 Å². The summed E-state index contributed by atoms with van der Waals surface area (Å²) in [5.74, 6) is 0.312. The van der Waals surface area contributed by atoms with Crippen molar-refractivity contribution in [2.24, 2.45) is 0 Å². The van der Waals surface area contributed by atoms with Crippen molar-refractivity contribution < 1.29 is 9.53 Å². The van der Waals surface area contributed by atoms with Gasteiger partial charge in [-0.15, -0.1) is 0 Å². The largest absolute Gasteiger partial charge is 0.494 e. The van der Waals surface area contributed by atoms with Gasteiger partial charge in [-0.2, -0.15) is 9.78 Å². The molecule has 7 nitrogen and oxygen atoms in total. The number of carbonyl (C=O) groups is 1. The Hall–Kier alpha value is -4.30. The molecule has 0 atom stereocenters. The number of rotatable bonds is 6. The first-order valence-corrected chi connectivity index (χ1v) is 11.5. The van der Waals surface area contributed by atoms with Crippen LogP contribution in [-0.4, -0.2) is 27.3 Å². The normalized spacial score (nSPS) is 10.9. The summed E-state index contributed by atoms with van der Waals surface area (Å²) in [7, 11) is 0. The monoisotopic (exact) mass is 468 g/mol. The topological polar surface area (TPSA) is 77.3 Å². The zero-order valence-electron chi connectivity index (χ0n) is 18.3. The molecule has 5 aromatic rings. The quantitative estimate of drug-likeness (QED) is 0.341. The van der Waals surface area contributed by atoms with Crippen molar-refractivity contribution in [1.82, 2.24) is 14.8 Å². The second kappa shape index (κ2) is 9.29. The summed E-state index contributed by atoms with van der Waals surface area (Å²) in [6.07, 6.45) is 0. The molecular formula is C26H20N4O3S. The van der Waals surface area contributed by atoms with Gasteiger partial charge < -0.3 is 4.74 Å². The zero-order valence-corrected chi connectivity index (χ0v) is 19.1. The zero-order chi connectivity index (χ0) is 23.5. The van der Waals surface area contributed by atoms with E-state index >= 15 is 0 Å². The van der Waals surface area contributed by atoms with E-state index in [0.29, 0.717) is 28.9 Å². The van der Waals surface area contributed by atoms with Crippen LogP contribution >= 0.6 is 11.3 Å². The van der Waals surface area contributed by atoms with Crippen LogP contribution in [-0.2, 0) is 0 Å². The Morgan fingerprint density at radius 2 is 1.68 bits per heavy atom. The van der Waals surface area contributed by atoms with Gasteiger partial charge in [-0.1, -0.05) is 41.7 Å². The number of anilines is 2. The van der Waals surface area contributed by atoms with Gasteiger partial charge in [-0.05, 0) is 61.5 Å². The van der Waals surface area contributed by atoms with E-state index in [-0.39, 0.29) is 11.3 Å². The van der Waals surface area contributed by atoms with Gasteiger partial charge in [-0.3, -0.25) is 14.5 Å². The summed E-state index contributed by atoms with van der Waals surface area (Å²) in [6.45, 7) is 2.46. The predicted octanol–water partition coefficient (Wildman–Crippen LogP) is 5.22. The van der Waals surface area contributed by atoms with Crippen molar-refractivity contribution in [3.63, 3.8) is 0 Å². The number of nitrogens with zero attached hydrogens (tertiary/aromatic N) is 4. The van der Waals surface area contributed by atoms with Gasteiger partial charge >= 0.3 is 0 Å². The number of hydrogen-bond acceptors (Lipinski definition) is 6. The number of amides is 1. The summed E-state index contributed by atoms with van der Waals surface area (Å²) >= 11 is 1.41. The maximum Gasteiger partial charge on any atom is 0.285 e. The van der Waals surface area contributed by atoms with Crippen molar-refractivity contribution >= 4 is 38.3 Å². The van der Waals surface area contributed by atoms with E-state index in [1.165, 1.54) is 33.1 Å². The van der Waals surface area contributed by atoms with E-state index in [1.807, 2.05) is 73.7 Å². The third-order valence-electron chi connectivity index (χ3n) is 5.10. The van der Waals surface area contributed by atoms with E-state index in [9.17, 15) is 9.59 Å². The first-order valence-electron chi connectivity index (χ1n) is 10.7. The molecule has 0 N–H and O–H groups in total. The molecule has 0 aliphatic rings. The van der Waals surface area contributed by atoms with E-state index < -0.39 is 5.91 Å². The summed E-state index contributed by atoms with van der Waals surface area (Å²) in [5, 5.41) is 4.89.